The summed E-state index contributed by atoms with van der Waals surface area (Å²) >= 11 is 0. The maximum Gasteiger partial charge on any atom is 0.145 e. The molecule has 0 amide bonds. The van der Waals surface area contributed by atoms with E-state index in [0.717, 1.165) is 44.7 Å². The van der Waals surface area contributed by atoms with Gasteiger partial charge in [-0.15, -0.1) is 0 Å². The predicted octanol–water partition coefficient (Wildman–Crippen LogP) is 12.0. The summed E-state index contributed by atoms with van der Waals surface area (Å²) < 4.78 is 7.10. The Morgan fingerprint density at radius 1 is 0.294 bits per heavy atom. The molecule has 0 bridgehead atoms. The van der Waals surface area contributed by atoms with Gasteiger partial charge in [-0.25, -0.2) is 4.98 Å². The monoisotopic (exact) mass is 650 g/mol. The Morgan fingerprint density at radius 3 is 1.41 bits per heavy atom. The summed E-state index contributed by atoms with van der Waals surface area (Å²) in [6, 6.07) is 63.5. The quantitative estimate of drug-likeness (QED) is 0.186. The van der Waals surface area contributed by atoms with Crippen molar-refractivity contribution in [2.45, 2.75) is 0 Å². The highest BCUT2D eigenvalue weighted by Crippen LogP contribution is 2.40. The molecule has 0 aliphatic rings. The van der Waals surface area contributed by atoms with Crippen LogP contribution in [0.1, 0.15) is 0 Å². The van der Waals surface area contributed by atoms with E-state index in [1.807, 2.05) is 12.3 Å². The second-order valence-electron chi connectivity index (χ2n) is 13.3. The van der Waals surface area contributed by atoms with Gasteiger partial charge in [-0.3, -0.25) is 4.57 Å². The van der Waals surface area contributed by atoms with Gasteiger partial charge in [0.2, 0.25) is 0 Å². The Morgan fingerprint density at radius 2 is 0.765 bits per heavy atom. The predicted molar refractivity (Wildman–Crippen MR) is 213 cm³/mol. The van der Waals surface area contributed by atoms with E-state index in [1.54, 1.807) is 0 Å². The molecule has 4 heteroatoms. The highest BCUT2D eigenvalue weighted by Gasteiger charge is 2.19. The van der Waals surface area contributed by atoms with Gasteiger partial charge in [0.15, 0.2) is 0 Å². The van der Waals surface area contributed by atoms with Gasteiger partial charge in [0.05, 0.1) is 27.6 Å². The fourth-order valence-electron chi connectivity index (χ4n) is 8.27. The molecule has 238 valence electrons. The molecule has 0 radical (unpaired) electrons. The Bertz CT molecular complexity index is 3090. The van der Waals surface area contributed by atoms with Crippen molar-refractivity contribution in [3.05, 3.63) is 182 Å². The first-order valence-electron chi connectivity index (χ1n) is 17.4. The highest BCUT2D eigenvalue weighted by molar-refractivity contribution is 6.18. The van der Waals surface area contributed by atoms with E-state index in [-0.39, 0.29) is 0 Å². The first kappa shape index (κ1) is 28.0. The lowest BCUT2D eigenvalue weighted by molar-refractivity contribution is 1.13. The largest absolute Gasteiger partial charge is 0.309 e. The summed E-state index contributed by atoms with van der Waals surface area (Å²) in [6.07, 6.45) is 1.90. The Kier molecular flexibility index (Phi) is 5.92. The van der Waals surface area contributed by atoms with Crippen LogP contribution in [0.3, 0.4) is 0 Å². The number of rotatable bonds is 4. The van der Waals surface area contributed by atoms with Crippen LogP contribution in [0.25, 0.3) is 93.7 Å². The zero-order valence-electron chi connectivity index (χ0n) is 27.6. The van der Waals surface area contributed by atoms with Crippen molar-refractivity contribution in [2.24, 2.45) is 0 Å². The Balaban J connectivity index is 1.13. The van der Waals surface area contributed by atoms with Crippen molar-refractivity contribution in [3.8, 4) is 28.2 Å². The number of aromatic nitrogens is 4. The molecule has 4 aromatic heterocycles. The molecule has 0 atom stereocenters. The number of pyridine rings is 1. The normalized spacial score (nSPS) is 11.9. The Labute approximate surface area is 293 Å². The van der Waals surface area contributed by atoms with Crippen LogP contribution >= 0.6 is 0 Å². The molecule has 7 aromatic carbocycles. The van der Waals surface area contributed by atoms with Gasteiger partial charge in [0.1, 0.15) is 5.65 Å². The van der Waals surface area contributed by atoms with Crippen LogP contribution in [0.2, 0.25) is 0 Å². The molecule has 11 aromatic rings. The average Bonchev–Trinajstić information content (AvgIpc) is 3.83. The van der Waals surface area contributed by atoms with Gasteiger partial charge in [-0.1, -0.05) is 97.1 Å². The van der Waals surface area contributed by atoms with Crippen molar-refractivity contribution in [2.75, 3.05) is 0 Å². The number of hydrogen-bond donors (Lipinski definition) is 0. The van der Waals surface area contributed by atoms with E-state index in [0.29, 0.717) is 0 Å². The molecule has 0 saturated heterocycles. The standard InChI is InChI=1S/C47H30N4/c1-2-15-33(16-3-1)49-44-25-9-6-21-38(44)40-29-41-39-22-12-26-48-47(39)51(46(41)30-45(40)49)35-18-11-14-32(28-35)31-13-10-17-34(27-31)50-42-23-7-4-19-36(42)37-20-5-8-24-43(37)50/h1-30H. The molecule has 11 rings (SSSR count). The molecular formula is C47H30N4. The van der Waals surface area contributed by atoms with E-state index >= 15 is 0 Å². The molecule has 0 aliphatic carbocycles. The lowest BCUT2D eigenvalue weighted by Gasteiger charge is -2.13. The van der Waals surface area contributed by atoms with Crippen LogP contribution in [-0.4, -0.2) is 18.7 Å². The van der Waals surface area contributed by atoms with Crippen LogP contribution in [0, 0.1) is 0 Å². The van der Waals surface area contributed by atoms with Crippen LogP contribution in [0.5, 0.6) is 0 Å². The summed E-state index contributed by atoms with van der Waals surface area (Å²) in [5.41, 5.74) is 12.6. The molecule has 0 N–H and O–H groups in total. The van der Waals surface area contributed by atoms with Gasteiger partial charge < -0.3 is 9.13 Å². The number of benzene rings is 7. The minimum Gasteiger partial charge on any atom is -0.309 e. The molecule has 0 fully saturated rings. The summed E-state index contributed by atoms with van der Waals surface area (Å²) in [4.78, 5) is 4.97. The fourth-order valence-corrected chi connectivity index (χ4v) is 8.27. The molecule has 51 heavy (non-hydrogen) atoms. The number of para-hydroxylation sites is 4. The number of fused-ring (bicyclic) bond motifs is 9. The number of hydrogen-bond acceptors (Lipinski definition) is 1. The summed E-state index contributed by atoms with van der Waals surface area (Å²) in [5, 5.41) is 7.35. The van der Waals surface area contributed by atoms with Gasteiger partial charge in [-0.2, -0.15) is 0 Å². The summed E-state index contributed by atoms with van der Waals surface area (Å²) in [6.45, 7) is 0. The van der Waals surface area contributed by atoms with Crippen LogP contribution in [0.15, 0.2) is 182 Å². The zero-order valence-corrected chi connectivity index (χ0v) is 27.6. The van der Waals surface area contributed by atoms with Crippen molar-refractivity contribution in [1.29, 1.82) is 0 Å². The third-order valence-electron chi connectivity index (χ3n) is 10.5. The van der Waals surface area contributed by atoms with Crippen molar-refractivity contribution < 1.29 is 0 Å². The maximum absolute atomic E-state index is 4.97. The average molecular weight is 651 g/mol. The molecule has 0 unspecified atom stereocenters. The van der Waals surface area contributed by atoms with E-state index < -0.39 is 0 Å². The maximum atomic E-state index is 4.97. The van der Waals surface area contributed by atoms with Gasteiger partial charge in [0.25, 0.3) is 0 Å². The van der Waals surface area contributed by atoms with Crippen molar-refractivity contribution in [3.63, 3.8) is 0 Å². The fraction of sp³-hybridized carbons (Fsp3) is 0. The second-order valence-corrected chi connectivity index (χ2v) is 13.3. The molecular weight excluding hydrogens is 621 g/mol. The molecule has 4 heterocycles. The Hall–Kier alpha value is -6.91. The summed E-state index contributed by atoms with van der Waals surface area (Å²) in [7, 11) is 0. The lowest BCUT2D eigenvalue weighted by Crippen LogP contribution is -1.97. The highest BCUT2D eigenvalue weighted by atomic mass is 15.1. The molecule has 0 saturated carbocycles. The number of nitrogens with zero attached hydrogens (tertiary/aromatic N) is 4. The van der Waals surface area contributed by atoms with Gasteiger partial charge in [-0.05, 0) is 90.0 Å². The van der Waals surface area contributed by atoms with E-state index in [2.05, 4.69) is 184 Å². The topological polar surface area (TPSA) is 27.7 Å². The lowest BCUT2D eigenvalue weighted by atomic mass is 10.0. The van der Waals surface area contributed by atoms with E-state index in [4.69, 9.17) is 4.98 Å². The third kappa shape index (κ3) is 4.11. The smallest absolute Gasteiger partial charge is 0.145 e. The first-order valence-corrected chi connectivity index (χ1v) is 17.4. The molecule has 0 aliphatic heterocycles. The van der Waals surface area contributed by atoms with Gasteiger partial charge >= 0.3 is 0 Å². The second kappa shape index (κ2) is 10.8. The van der Waals surface area contributed by atoms with Crippen LogP contribution in [-0.2, 0) is 0 Å². The van der Waals surface area contributed by atoms with E-state index in [9.17, 15) is 0 Å². The minimum atomic E-state index is 0.951. The van der Waals surface area contributed by atoms with Gasteiger partial charge in [0, 0.05) is 55.6 Å². The zero-order chi connectivity index (χ0) is 33.5. The molecule has 0 spiro atoms. The van der Waals surface area contributed by atoms with Crippen molar-refractivity contribution >= 4 is 65.5 Å². The van der Waals surface area contributed by atoms with E-state index in [1.165, 1.54) is 49.0 Å². The van der Waals surface area contributed by atoms with Crippen LogP contribution < -0.4 is 0 Å². The SMILES string of the molecule is c1ccc(-n2c3ccccc3c3cc4c5cccnc5n(-c5cccc(-c6cccc(-n7c8ccccc8c8ccccc87)c6)c5)c4cc32)cc1. The van der Waals surface area contributed by atoms with Crippen LogP contribution in [0.4, 0.5) is 0 Å². The summed E-state index contributed by atoms with van der Waals surface area (Å²) in [5.74, 6) is 0. The first-order chi connectivity index (χ1) is 25.3. The minimum absolute atomic E-state index is 0.951. The molecule has 4 nitrogen and oxygen atoms in total. The third-order valence-corrected chi connectivity index (χ3v) is 10.5. The van der Waals surface area contributed by atoms with Crippen molar-refractivity contribution in [1.82, 2.24) is 18.7 Å².